The van der Waals surface area contributed by atoms with Crippen molar-refractivity contribution in [1.29, 1.82) is 5.26 Å². The van der Waals surface area contributed by atoms with Crippen LogP contribution in [0.2, 0.25) is 5.02 Å². The highest BCUT2D eigenvalue weighted by atomic mass is 35.5. The molecule has 2 amide bonds. The summed E-state index contributed by atoms with van der Waals surface area (Å²) in [6.45, 7) is 7.88. The number of nitrogens with zero attached hydrogens (tertiary/aromatic N) is 8. The Labute approximate surface area is 482 Å². The molecule has 0 saturated carbocycles. The van der Waals surface area contributed by atoms with Crippen LogP contribution in [0.1, 0.15) is 75.2 Å². The van der Waals surface area contributed by atoms with Crippen LogP contribution >= 0.6 is 22.9 Å². The zero-order valence-corrected chi connectivity index (χ0v) is 46.8. The quantitative estimate of drug-likeness (QED) is 0.0703. The fourth-order valence-corrected chi connectivity index (χ4v) is 13.2. The molecule has 0 radical (unpaired) electrons. The van der Waals surface area contributed by atoms with Gasteiger partial charge in [0.05, 0.1) is 52.4 Å². The molecular weight excluding hydrogens is 1110 g/mol. The number of ether oxygens (including phenoxy) is 3. The van der Waals surface area contributed by atoms with Crippen LogP contribution in [0.5, 0.6) is 11.8 Å². The number of thiophene rings is 1. The standard InChI is InChI=1S/C60H56ClF4N11O6S/c1-29(2)53(59(79)75-26-38(77)21-48(75)58(78)69-30(3)32-8-10-34(11-9-32)49-45(64)18-35(62)19-46(49)65)76-27-47(72-73-76)33-6-4-31(5-7-33)28-81-54-51(40-12-13-44(63)55-50(40)42(23-66)56(67)83-55)43(61)22-41-52(54)70-60(82-39-14-16-80-17-15-39)71-57(41)74-25-36-20-37(74)24-68-36/h4-13,18-19,22,27,29-30,36-39,48,53,68,77H,14-17,20-21,24-26,28,67H2,1-3H3,(H,69,78)/t30-,36-,37-,38+,48-,53-/m0/s1. The van der Waals surface area contributed by atoms with E-state index in [1.54, 1.807) is 37.4 Å². The van der Waals surface area contributed by atoms with E-state index in [1.165, 1.54) is 27.8 Å². The zero-order valence-electron chi connectivity index (χ0n) is 45.2. The largest absolute Gasteiger partial charge is 0.486 e. The number of anilines is 2. The molecule has 5 aromatic carbocycles. The molecule has 8 aromatic rings. The molecule has 2 bridgehead atoms. The second-order valence-electron chi connectivity index (χ2n) is 21.9. The fraction of sp³-hybridized carbons (Fsp3) is 0.350. The first-order valence-corrected chi connectivity index (χ1v) is 28.6. The molecule has 3 aromatic heterocycles. The van der Waals surface area contributed by atoms with E-state index in [0.29, 0.717) is 94.8 Å². The average molecular weight is 1170 g/mol. The number of aliphatic hydroxyl groups excluding tert-OH is 1. The van der Waals surface area contributed by atoms with Gasteiger partial charge in [-0.1, -0.05) is 85.3 Å². The normalized spacial score (nSPS) is 19.7. The van der Waals surface area contributed by atoms with Crippen molar-refractivity contribution in [2.24, 2.45) is 5.92 Å². The van der Waals surface area contributed by atoms with Gasteiger partial charge in [0.1, 0.15) is 76.2 Å². The van der Waals surface area contributed by atoms with E-state index in [-0.39, 0.29) is 86.9 Å². The van der Waals surface area contributed by atoms with Gasteiger partial charge in [0.25, 0.3) is 0 Å². The van der Waals surface area contributed by atoms with Crippen LogP contribution in [-0.2, 0) is 20.9 Å². The van der Waals surface area contributed by atoms with E-state index in [4.69, 9.17) is 41.5 Å². The van der Waals surface area contributed by atoms with Crippen molar-refractivity contribution >= 4 is 66.6 Å². The molecule has 0 unspecified atom stereocenters. The minimum atomic E-state index is -1.05. The van der Waals surface area contributed by atoms with Crippen molar-refractivity contribution in [3.8, 4) is 51.3 Å². The van der Waals surface area contributed by atoms with Crippen LogP contribution in [0.25, 0.3) is 54.5 Å². The SMILES string of the molecule is CC(C)[C@@H](C(=O)N1C[C@H](O)C[C@H]1C(=O)N[C@@H](C)c1ccc(-c2c(F)cc(F)cc2F)cc1)n1cc(-c2ccc(COc3c(-c4ccc(F)c5sc(N)c(C#N)c45)c(Cl)cc4c(N5C[C@@H]6C[C@H]5CN6)nc(OC5CCOCC5)nc34)cc2)nn1. The molecule has 0 spiro atoms. The Morgan fingerprint density at radius 2 is 1.69 bits per heavy atom. The number of likely N-dealkylation sites (tertiary alicyclic amines) is 1. The second kappa shape index (κ2) is 22.7. The van der Waals surface area contributed by atoms with E-state index in [1.807, 2.05) is 38.1 Å². The summed E-state index contributed by atoms with van der Waals surface area (Å²) >= 11 is 8.38. The Bertz CT molecular complexity index is 3850. The number of hydrogen-bond acceptors (Lipinski definition) is 15. The Kier molecular flexibility index (Phi) is 15.2. The number of aliphatic hydroxyl groups is 1. The number of hydrogen-bond donors (Lipinski definition) is 4. The number of β-amino-alcohol motifs (C(OH)–C–C–N with tert-alkyl or cyclic N) is 1. The molecule has 4 fully saturated rings. The number of nitrogens with one attached hydrogen (secondary N) is 2. The van der Waals surface area contributed by atoms with Crippen LogP contribution in [-0.4, -0.2) is 110 Å². The molecule has 17 nitrogen and oxygen atoms in total. The molecular formula is C60H56ClF4N11O6S. The maximum absolute atomic E-state index is 15.6. The minimum Gasteiger partial charge on any atom is -0.486 e. The van der Waals surface area contributed by atoms with Gasteiger partial charge in [-0.3, -0.25) is 9.59 Å². The summed E-state index contributed by atoms with van der Waals surface area (Å²) in [5.41, 5.74) is 9.93. The third-order valence-corrected chi connectivity index (χ3v) is 17.4. The summed E-state index contributed by atoms with van der Waals surface area (Å²) in [4.78, 5) is 42.2. The molecule has 0 aliphatic carbocycles. The maximum atomic E-state index is 15.6. The van der Waals surface area contributed by atoms with Crippen LogP contribution in [0.4, 0.5) is 28.4 Å². The van der Waals surface area contributed by atoms with Gasteiger partial charge >= 0.3 is 6.01 Å². The molecule has 4 aliphatic heterocycles. The summed E-state index contributed by atoms with van der Waals surface area (Å²) in [6, 6.07) is 19.7. The second-order valence-corrected chi connectivity index (χ2v) is 23.3. The number of nitrogen functional groups attached to an aromatic ring is 1. The number of nitriles is 1. The van der Waals surface area contributed by atoms with Gasteiger partial charge in [-0.2, -0.15) is 15.2 Å². The topological polar surface area (TPSA) is 219 Å². The van der Waals surface area contributed by atoms with Crippen molar-refractivity contribution in [2.45, 2.75) is 95.5 Å². The van der Waals surface area contributed by atoms with E-state index < -0.39 is 59.3 Å². The number of fused-ring (bicyclic) bond motifs is 4. The lowest BCUT2D eigenvalue weighted by Gasteiger charge is -2.30. The molecule has 12 rings (SSSR count). The number of halogens is 5. The van der Waals surface area contributed by atoms with Crippen molar-refractivity contribution in [2.75, 3.05) is 43.5 Å². The highest BCUT2D eigenvalue weighted by molar-refractivity contribution is 7.23. The first-order valence-electron chi connectivity index (χ1n) is 27.4. The first-order chi connectivity index (χ1) is 40.0. The number of benzene rings is 5. The zero-order chi connectivity index (χ0) is 58.0. The minimum absolute atomic E-state index is 0.00413. The van der Waals surface area contributed by atoms with Crippen molar-refractivity contribution in [3.05, 3.63) is 130 Å². The average Bonchev–Trinajstić information content (AvgIpc) is 2.92. The maximum Gasteiger partial charge on any atom is 0.319 e. The van der Waals surface area contributed by atoms with Crippen molar-refractivity contribution in [3.63, 3.8) is 0 Å². The van der Waals surface area contributed by atoms with Gasteiger partial charge in [0.2, 0.25) is 11.8 Å². The Hall–Kier alpha value is -7.94. The molecule has 6 atom stereocenters. The molecule has 83 heavy (non-hydrogen) atoms. The predicted octanol–water partition coefficient (Wildman–Crippen LogP) is 9.82. The number of amides is 2. The van der Waals surface area contributed by atoms with E-state index in [9.17, 15) is 33.1 Å². The molecule has 7 heterocycles. The molecule has 5 N–H and O–H groups in total. The van der Waals surface area contributed by atoms with Crippen molar-refractivity contribution in [1.82, 2.24) is 40.5 Å². The van der Waals surface area contributed by atoms with Gasteiger partial charge in [0, 0.05) is 85.0 Å². The fourth-order valence-electron chi connectivity index (χ4n) is 11.9. The monoisotopic (exact) mass is 1170 g/mol. The van der Waals surface area contributed by atoms with Crippen LogP contribution < -0.4 is 30.7 Å². The van der Waals surface area contributed by atoms with Crippen molar-refractivity contribution < 1.29 is 46.5 Å². The third kappa shape index (κ3) is 10.6. The van der Waals surface area contributed by atoms with Crippen LogP contribution in [0, 0.1) is 40.5 Å². The lowest BCUT2D eigenvalue weighted by Crippen LogP contribution is -2.49. The number of carbonyl (C=O) groups is 2. The number of piperazine rings is 1. The third-order valence-electron chi connectivity index (χ3n) is 16.1. The van der Waals surface area contributed by atoms with Gasteiger partial charge in [-0.15, -0.1) is 16.4 Å². The number of nitrogens with two attached hydrogens (primary N) is 1. The smallest absolute Gasteiger partial charge is 0.319 e. The summed E-state index contributed by atoms with van der Waals surface area (Å²) in [5.74, 6) is -4.03. The van der Waals surface area contributed by atoms with Gasteiger partial charge in [-0.25, -0.2) is 22.2 Å². The molecule has 428 valence electrons. The van der Waals surface area contributed by atoms with E-state index in [2.05, 4.69) is 31.9 Å². The number of carbonyl (C=O) groups excluding carboxylic acids is 2. The Balaban J connectivity index is 0.809. The first kappa shape index (κ1) is 55.6. The lowest BCUT2D eigenvalue weighted by atomic mass is 9.96. The summed E-state index contributed by atoms with van der Waals surface area (Å²) in [6.07, 6.45) is 2.73. The highest BCUT2D eigenvalue weighted by Crippen LogP contribution is 2.50. The lowest BCUT2D eigenvalue weighted by molar-refractivity contribution is -0.142. The predicted molar refractivity (Wildman–Crippen MR) is 305 cm³/mol. The van der Waals surface area contributed by atoms with Gasteiger partial charge in [-0.05, 0) is 53.6 Å². The highest BCUT2D eigenvalue weighted by Gasteiger charge is 2.44. The Morgan fingerprint density at radius 3 is 2.37 bits per heavy atom. The summed E-state index contributed by atoms with van der Waals surface area (Å²) in [7, 11) is 0. The van der Waals surface area contributed by atoms with Gasteiger partial charge in [0.15, 0.2) is 5.75 Å². The molecule has 4 aliphatic rings. The number of aromatic nitrogens is 5. The van der Waals surface area contributed by atoms with Crippen LogP contribution in [0.15, 0.2) is 85.1 Å². The molecule has 4 saturated heterocycles. The molecule has 23 heteroatoms. The summed E-state index contributed by atoms with van der Waals surface area (Å²) < 4.78 is 78.9. The van der Waals surface area contributed by atoms with E-state index >= 15 is 4.39 Å². The van der Waals surface area contributed by atoms with E-state index in [0.717, 1.165) is 29.9 Å². The number of rotatable bonds is 15. The van der Waals surface area contributed by atoms with Crippen LogP contribution in [0.3, 0.4) is 0 Å². The Morgan fingerprint density at radius 1 is 0.952 bits per heavy atom. The summed E-state index contributed by atoms with van der Waals surface area (Å²) in [5, 5.41) is 37.9. The van der Waals surface area contributed by atoms with Gasteiger partial charge < -0.3 is 45.5 Å².